The number of anilines is 2. The quantitative estimate of drug-likeness (QED) is 0.794. The average Bonchev–Trinajstić information content (AvgIpc) is 2.74. The minimum Gasteiger partial charge on any atom is -0.360 e. The van der Waals surface area contributed by atoms with Gasteiger partial charge in [0.05, 0.1) is 0 Å². The van der Waals surface area contributed by atoms with E-state index in [0.717, 1.165) is 0 Å². The first-order valence-corrected chi connectivity index (χ1v) is 5.25. The van der Waals surface area contributed by atoms with E-state index in [4.69, 9.17) is 10.9 Å². The molecule has 0 radical (unpaired) electrons. The van der Waals surface area contributed by atoms with Crippen LogP contribution in [0.1, 0.15) is 11.3 Å². The fourth-order valence-electron chi connectivity index (χ4n) is 1.39. The summed E-state index contributed by atoms with van der Waals surface area (Å²) < 4.78 is 4.83. The lowest BCUT2D eigenvalue weighted by atomic mass is 10.2. The number of hydrogen-bond donors (Lipinski definition) is 2. The first-order valence-electron chi connectivity index (χ1n) is 5.25. The maximum Gasteiger partial charge on any atom is 0.324 e. The highest BCUT2D eigenvalue weighted by Crippen LogP contribution is 2.11. The molecule has 0 unspecified atom stereocenters. The summed E-state index contributed by atoms with van der Waals surface area (Å²) in [5, 5.41) is 8.84. The van der Waals surface area contributed by atoms with Crippen LogP contribution in [0.15, 0.2) is 34.9 Å². The lowest BCUT2D eigenvalue weighted by molar-refractivity contribution is 0.262. The Hall–Kier alpha value is -2.74. The summed E-state index contributed by atoms with van der Waals surface area (Å²) in [6.45, 7) is 1.74. The van der Waals surface area contributed by atoms with Crippen LogP contribution in [0.4, 0.5) is 16.3 Å². The van der Waals surface area contributed by atoms with Crippen LogP contribution in [0.25, 0.3) is 0 Å². The molecule has 0 atom stereocenters. The molecule has 1 aromatic heterocycles. The monoisotopic (exact) mass is 241 g/mol. The Morgan fingerprint density at radius 3 is 2.89 bits per heavy atom. The Bertz CT molecular complexity index is 611. The Balaban J connectivity index is 2.01. The molecule has 90 valence electrons. The van der Waals surface area contributed by atoms with Gasteiger partial charge in [0.15, 0.2) is 5.82 Å². The molecular formula is C13H11N3O2. The first-order chi connectivity index (χ1) is 8.67. The number of terminal acetylenes is 1. The van der Waals surface area contributed by atoms with E-state index in [1.165, 1.54) is 0 Å². The van der Waals surface area contributed by atoms with Crippen molar-refractivity contribution >= 4 is 17.5 Å². The largest absolute Gasteiger partial charge is 0.360 e. The Kier molecular flexibility index (Phi) is 3.30. The van der Waals surface area contributed by atoms with Gasteiger partial charge < -0.3 is 9.84 Å². The lowest BCUT2D eigenvalue weighted by Gasteiger charge is -2.05. The Morgan fingerprint density at radius 2 is 2.22 bits per heavy atom. The number of hydrogen-bond acceptors (Lipinski definition) is 3. The van der Waals surface area contributed by atoms with E-state index in [1.807, 2.05) is 0 Å². The number of aromatic nitrogens is 1. The van der Waals surface area contributed by atoms with E-state index in [-0.39, 0.29) is 0 Å². The zero-order chi connectivity index (χ0) is 13.0. The number of nitrogens with one attached hydrogen (secondary N) is 2. The van der Waals surface area contributed by atoms with E-state index in [1.54, 1.807) is 37.3 Å². The molecule has 0 spiro atoms. The third-order valence-electron chi connectivity index (χ3n) is 2.16. The van der Waals surface area contributed by atoms with Gasteiger partial charge in [-0.25, -0.2) is 4.79 Å². The van der Waals surface area contributed by atoms with Gasteiger partial charge in [-0.15, -0.1) is 6.42 Å². The highest BCUT2D eigenvalue weighted by molar-refractivity contribution is 5.99. The second-order valence-corrected chi connectivity index (χ2v) is 3.63. The number of rotatable bonds is 2. The molecule has 1 heterocycles. The fourth-order valence-corrected chi connectivity index (χ4v) is 1.39. The Morgan fingerprint density at radius 1 is 1.39 bits per heavy atom. The standard InChI is InChI=1S/C13H11N3O2/c1-3-10-5-4-6-11(8-10)14-13(17)15-12-7-9(2)18-16-12/h1,4-8H,2H3,(H2,14,15,16,17). The van der Waals surface area contributed by atoms with Crippen molar-refractivity contribution in [2.24, 2.45) is 0 Å². The average molecular weight is 241 g/mol. The number of aryl methyl sites for hydroxylation is 1. The summed E-state index contributed by atoms with van der Waals surface area (Å²) in [4.78, 5) is 11.6. The van der Waals surface area contributed by atoms with Gasteiger partial charge in [0.1, 0.15) is 5.76 Å². The molecule has 0 saturated heterocycles. The third kappa shape index (κ3) is 2.89. The van der Waals surface area contributed by atoms with Crippen LogP contribution in [-0.2, 0) is 0 Å². The van der Waals surface area contributed by atoms with Crippen molar-refractivity contribution in [1.29, 1.82) is 0 Å². The molecule has 0 bridgehead atoms. The maximum absolute atomic E-state index is 11.6. The molecule has 2 aromatic rings. The topological polar surface area (TPSA) is 67.2 Å². The maximum atomic E-state index is 11.6. The molecule has 18 heavy (non-hydrogen) atoms. The van der Waals surface area contributed by atoms with Gasteiger partial charge in [-0.1, -0.05) is 17.1 Å². The smallest absolute Gasteiger partial charge is 0.324 e. The van der Waals surface area contributed by atoms with Crippen LogP contribution in [0.3, 0.4) is 0 Å². The molecule has 2 rings (SSSR count). The van der Waals surface area contributed by atoms with Crippen LogP contribution in [0, 0.1) is 19.3 Å². The molecule has 2 N–H and O–H groups in total. The number of carbonyl (C=O) groups is 1. The van der Waals surface area contributed by atoms with E-state index >= 15 is 0 Å². The summed E-state index contributed by atoms with van der Waals surface area (Å²) in [6, 6.07) is 8.21. The molecule has 0 saturated carbocycles. The van der Waals surface area contributed by atoms with Crippen molar-refractivity contribution in [2.45, 2.75) is 6.92 Å². The normalized spacial score (nSPS) is 9.56. The summed E-state index contributed by atoms with van der Waals surface area (Å²) in [7, 11) is 0. The number of carbonyl (C=O) groups excluding carboxylic acids is 1. The second-order valence-electron chi connectivity index (χ2n) is 3.63. The third-order valence-corrected chi connectivity index (χ3v) is 2.16. The number of amides is 2. The summed E-state index contributed by atoms with van der Waals surface area (Å²) in [5.41, 5.74) is 1.31. The summed E-state index contributed by atoms with van der Waals surface area (Å²) in [6.07, 6.45) is 5.28. The molecule has 0 aliphatic rings. The van der Waals surface area contributed by atoms with Crippen LogP contribution in [0.2, 0.25) is 0 Å². The lowest BCUT2D eigenvalue weighted by Crippen LogP contribution is -2.19. The number of urea groups is 1. The summed E-state index contributed by atoms with van der Waals surface area (Å²) >= 11 is 0. The van der Waals surface area contributed by atoms with Crippen LogP contribution >= 0.6 is 0 Å². The molecule has 5 heteroatoms. The zero-order valence-corrected chi connectivity index (χ0v) is 9.73. The van der Waals surface area contributed by atoms with E-state index in [2.05, 4.69) is 21.7 Å². The van der Waals surface area contributed by atoms with E-state index in [0.29, 0.717) is 22.8 Å². The van der Waals surface area contributed by atoms with Crippen LogP contribution in [0.5, 0.6) is 0 Å². The van der Waals surface area contributed by atoms with Crippen molar-refractivity contribution in [2.75, 3.05) is 10.6 Å². The molecular weight excluding hydrogens is 230 g/mol. The van der Waals surface area contributed by atoms with E-state index in [9.17, 15) is 4.79 Å². The van der Waals surface area contributed by atoms with Crippen molar-refractivity contribution in [3.05, 3.63) is 41.7 Å². The number of benzene rings is 1. The molecule has 1 aromatic carbocycles. The minimum absolute atomic E-state index is 0.359. The zero-order valence-electron chi connectivity index (χ0n) is 9.73. The highest BCUT2D eigenvalue weighted by Gasteiger charge is 2.06. The van der Waals surface area contributed by atoms with Gasteiger partial charge in [0.25, 0.3) is 0 Å². The van der Waals surface area contributed by atoms with Gasteiger partial charge in [-0.3, -0.25) is 5.32 Å². The van der Waals surface area contributed by atoms with Crippen LogP contribution < -0.4 is 10.6 Å². The second kappa shape index (κ2) is 5.06. The van der Waals surface area contributed by atoms with Crippen molar-refractivity contribution in [1.82, 2.24) is 5.16 Å². The summed E-state index contributed by atoms with van der Waals surface area (Å²) in [5.74, 6) is 3.48. The fraction of sp³-hybridized carbons (Fsp3) is 0.0769. The van der Waals surface area contributed by atoms with Crippen molar-refractivity contribution in [3.63, 3.8) is 0 Å². The first kappa shape index (κ1) is 11.7. The molecule has 5 nitrogen and oxygen atoms in total. The predicted octanol–water partition coefficient (Wildman–Crippen LogP) is 2.61. The van der Waals surface area contributed by atoms with Gasteiger partial charge >= 0.3 is 6.03 Å². The molecule has 0 aliphatic carbocycles. The minimum atomic E-state index is -0.405. The van der Waals surface area contributed by atoms with Gasteiger partial charge in [0.2, 0.25) is 0 Å². The van der Waals surface area contributed by atoms with Gasteiger partial charge in [0, 0.05) is 17.3 Å². The SMILES string of the molecule is C#Cc1cccc(NC(=O)Nc2cc(C)on2)c1. The predicted molar refractivity (Wildman–Crippen MR) is 68.3 cm³/mol. The highest BCUT2D eigenvalue weighted by atomic mass is 16.5. The Labute approximate surface area is 104 Å². The molecule has 2 amide bonds. The van der Waals surface area contributed by atoms with Gasteiger partial charge in [-0.05, 0) is 25.1 Å². The van der Waals surface area contributed by atoms with Crippen molar-refractivity contribution < 1.29 is 9.32 Å². The van der Waals surface area contributed by atoms with Crippen molar-refractivity contribution in [3.8, 4) is 12.3 Å². The molecule has 0 aliphatic heterocycles. The van der Waals surface area contributed by atoms with E-state index < -0.39 is 6.03 Å². The number of nitrogens with zero attached hydrogens (tertiary/aromatic N) is 1. The van der Waals surface area contributed by atoms with Crippen LogP contribution in [-0.4, -0.2) is 11.2 Å². The van der Waals surface area contributed by atoms with Gasteiger partial charge in [-0.2, -0.15) is 0 Å². The molecule has 0 fully saturated rings.